The molecule has 0 aliphatic carbocycles. The van der Waals surface area contributed by atoms with Crippen molar-refractivity contribution in [3.8, 4) is 11.8 Å². The molecule has 14 heavy (non-hydrogen) atoms. The first kappa shape index (κ1) is 10.6. The van der Waals surface area contributed by atoms with Gasteiger partial charge in [-0.15, -0.1) is 0 Å². The molecule has 0 bridgehead atoms. The maximum atomic E-state index is 8.52. The SMILES string of the molecule is COc1cc([C@H](N)CC#N)ccc1C. The van der Waals surface area contributed by atoms with Gasteiger partial charge in [-0.3, -0.25) is 0 Å². The van der Waals surface area contributed by atoms with E-state index in [1.54, 1.807) is 7.11 Å². The highest BCUT2D eigenvalue weighted by Crippen LogP contribution is 2.23. The van der Waals surface area contributed by atoms with Crippen molar-refractivity contribution < 1.29 is 4.74 Å². The van der Waals surface area contributed by atoms with E-state index in [1.807, 2.05) is 25.1 Å². The van der Waals surface area contributed by atoms with Crippen molar-refractivity contribution in [2.45, 2.75) is 19.4 Å². The van der Waals surface area contributed by atoms with Crippen LogP contribution in [0, 0.1) is 18.3 Å². The minimum Gasteiger partial charge on any atom is -0.496 e. The predicted octanol–water partition coefficient (Wildman–Crippen LogP) is 1.92. The number of nitriles is 1. The van der Waals surface area contributed by atoms with Crippen molar-refractivity contribution in [3.05, 3.63) is 29.3 Å². The lowest BCUT2D eigenvalue weighted by molar-refractivity contribution is 0.410. The summed E-state index contributed by atoms with van der Waals surface area (Å²) in [5, 5.41) is 8.52. The molecule has 1 rings (SSSR count). The largest absolute Gasteiger partial charge is 0.496 e. The van der Waals surface area contributed by atoms with E-state index in [-0.39, 0.29) is 6.04 Å². The van der Waals surface area contributed by atoms with Gasteiger partial charge in [-0.1, -0.05) is 12.1 Å². The fraction of sp³-hybridized carbons (Fsp3) is 0.364. The molecule has 1 aromatic rings. The number of hydrogen-bond acceptors (Lipinski definition) is 3. The first-order valence-corrected chi connectivity index (χ1v) is 4.46. The molecule has 1 aromatic carbocycles. The van der Waals surface area contributed by atoms with Gasteiger partial charge in [0.2, 0.25) is 0 Å². The first-order chi connectivity index (χ1) is 6.69. The van der Waals surface area contributed by atoms with E-state index in [1.165, 1.54) is 0 Å². The summed E-state index contributed by atoms with van der Waals surface area (Å²) in [7, 11) is 1.63. The van der Waals surface area contributed by atoms with Crippen molar-refractivity contribution in [1.82, 2.24) is 0 Å². The topological polar surface area (TPSA) is 59.0 Å². The number of aryl methyl sites for hydroxylation is 1. The van der Waals surface area contributed by atoms with Gasteiger partial charge >= 0.3 is 0 Å². The van der Waals surface area contributed by atoms with Gasteiger partial charge in [0, 0.05) is 6.04 Å². The molecular formula is C11H14N2O. The van der Waals surface area contributed by atoms with Crippen LogP contribution in [0.4, 0.5) is 0 Å². The molecule has 74 valence electrons. The molecule has 0 aliphatic heterocycles. The second kappa shape index (κ2) is 4.64. The minimum atomic E-state index is -0.227. The molecule has 2 N–H and O–H groups in total. The molecular weight excluding hydrogens is 176 g/mol. The summed E-state index contributed by atoms with van der Waals surface area (Å²) in [4.78, 5) is 0. The van der Waals surface area contributed by atoms with Crippen molar-refractivity contribution in [2.75, 3.05) is 7.11 Å². The van der Waals surface area contributed by atoms with Gasteiger partial charge in [-0.05, 0) is 24.1 Å². The Labute approximate surface area is 84.1 Å². The van der Waals surface area contributed by atoms with Gasteiger partial charge in [0.05, 0.1) is 19.6 Å². The van der Waals surface area contributed by atoms with Crippen LogP contribution in [0.25, 0.3) is 0 Å². The van der Waals surface area contributed by atoms with Gasteiger partial charge in [-0.2, -0.15) is 5.26 Å². The Hall–Kier alpha value is -1.53. The highest BCUT2D eigenvalue weighted by Gasteiger charge is 2.07. The molecule has 0 radical (unpaired) electrons. The van der Waals surface area contributed by atoms with Gasteiger partial charge in [0.15, 0.2) is 0 Å². The Bertz CT molecular complexity index is 355. The summed E-state index contributed by atoms with van der Waals surface area (Å²) >= 11 is 0. The van der Waals surface area contributed by atoms with Crippen LogP contribution >= 0.6 is 0 Å². The Morgan fingerprint density at radius 3 is 2.86 bits per heavy atom. The van der Waals surface area contributed by atoms with Crippen LogP contribution in [0.5, 0.6) is 5.75 Å². The molecule has 0 aliphatic rings. The van der Waals surface area contributed by atoms with E-state index in [0.29, 0.717) is 6.42 Å². The summed E-state index contributed by atoms with van der Waals surface area (Å²) in [6.07, 6.45) is 0.326. The highest BCUT2D eigenvalue weighted by atomic mass is 16.5. The number of rotatable bonds is 3. The first-order valence-electron chi connectivity index (χ1n) is 4.46. The molecule has 0 aromatic heterocycles. The van der Waals surface area contributed by atoms with Gasteiger partial charge < -0.3 is 10.5 Å². The molecule has 0 amide bonds. The summed E-state index contributed by atoms with van der Waals surface area (Å²) < 4.78 is 5.18. The summed E-state index contributed by atoms with van der Waals surface area (Å²) in [6.45, 7) is 1.97. The van der Waals surface area contributed by atoms with Gasteiger partial charge in [-0.25, -0.2) is 0 Å². The zero-order valence-corrected chi connectivity index (χ0v) is 8.45. The molecule has 0 unspecified atom stereocenters. The molecule has 1 atom stereocenters. The van der Waals surface area contributed by atoms with Crippen molar-refractivity contribution in [3.63, 3.8) is 0 Å². The lowest BCUT2D eigenvalue weighted by Crippen LogP contribution is -2.09. The smallest absolute Gasteiger partial charge is 0.122 e. The van der Waals surface area contributed by atoms with E-state index >= 15 is 0 Å². The molecule has 0 spiro atoms. The Balaban J connectivity index is 2.95. The molecule has 0 saturated carbocycles. The van der Waals surface area contributed by atoms with E-state index in [2.05, 4.69) is 6.07 Å². The lowest BCUT2D eigenvalue weighted by Gasteiger charge is -2.11. The lowest BCUT2D eigenvalue weighted by atomic mass is 10.0. The van der Waals surface area contributed by atoms with Gasteiger partial charge in [0.1, 0.15) is 5.75 Å². The van der Waals surface area contributed by atoms with Crippen molar-refractivity contribution in [1.29, 1.82) is 5.26 Å². The van der Waals surface area contributed by atoms with Gasteiger partial charge in [0.25, 0.3) is 0 Å². The Morgan fingerprint density at radius 1 is 1.57 bits per heavy atom. The molecule has 3 nitrogen and oxygen atoms in total. The van der Waals surface area contributed by atoms with Crippen LogP contribution in [0.2, 0.25) is 0 Å². The van der Waals surface area contributed by atoms with Crippen molar-refractivity contribution in [2.24, 2.45) is 5.73 Å². The maximum absolute atomic E-state index is 8.52. The molecule has 0 heterocycles. The quantitative estimate of drug-likeness (QED) is 0.792. The van der Waals surface area contributed by atoms with Crippen LogP contribution in [-0.4, -0.2) is 7.11 Å². The predicted molar refractivity (Wildman–Crippen MR) is 54.9 cm³/mol. The second-order valence-corrected chi connectivity index (χ2v) is 3.20. The highest BCUT2D eigenvalue weighted by molar-refractivity contribution is 5.37. The standard InChI is InChI=1S/C11H14N2O/c1-8-3-4-9(7-11(8)14-2)10(13)5-6-12/h3-4,7,10H,5,13H2,1-2H3/t10-/m1/s1. The fourth-order valence-electron chi connectivity index (χ4n) is 1.28. The van der Waals surface area contributed by atoms with Crippen LogP contribution in [0.15, 0.2) is 18.2 Å². The number of nitrogens with two attached hydrogens (primary N) is 1. The number of hydrogen-bond donors (Lipinski definition) is 1. The van der Waals surface area contributed by atoms with E-state index in [9.17, 15) is 0 Å². The van der Waals surface area contributed by atoms with Crippen LogP contribution in [0.1, 0.15) is 23.6 Å². The van der Waals surface area contributed by atoms with E-state index < -0.39 is 0 Å². The zero-order valence-electron chi connectivity index (χ0n) is 8.45. The number of methoxy groups -OCH3 is 1. The Morgan fingerprint density at radius 2 is 2.29 bits per heavy atom. The summed E-state index contributed by atoms with van der Waals surface area (Å²) in [5.41, 5.74) is 7.81. The summed E-state index contributed by atoms with van der Waals surface area (Å²) in [6, 6.07) is 7.59. The van der Waals surface area contributed by atoms with Crippen molar-refractivity contribution >= 4 is 0 Å². The Kier molecular flexibility index (Phi) is 3.49. The third-order valence-electron chi connectivity index (χ3n) is 2.17. The van der Waals surface area contributed by atoms with E-state index in [0.717, 1.165) is 16.9 Å². The third-order valence-corrected chi connectivity index (χ3v) is 2.17. The average Bonchev–Trinajstić information content (AvgIpc) is 2.19. The third kappa shape index (κ3) is 2.24. The fourth-order valence-corrected chi connectivity index (χ4v) is 1.28. The number of benzene rings is 1. The summed E-state index contributed by atoms with van der Waals surface area (Å²) in [5.74, 6) is 0.816. The molecule has 0 saturated heterocycles. The van der Waals surface area contributed by atoms with E-state index in [4.69, 9.17) is 15.7 Å². The normalized spacial score (nSPS) is 11.9. The van der Waals surface area contributed by atoms with Crippen LogP contribution < -0.4 is 10.5 Å². The van der Waals surface area contributed by atoms with Crippen LogP contribution in [-0.2, 0) is 0 Å². The number of ether oxygens (including phenoxy) is 1. The second-order valence-electron chi connectivity index (χ2n) is 3.20. The maximum Gasteiger partial charge on any atom is 0.122 e. The minimum absolute atomic E-state index is 0.227. The number of nitrogens with zero attached hydrogens (tertiary/aromatic N) is 1. The molecule has 0 fully saturated rings. The van der Waals surface area contributed by atoms with Crippen LogP contribution in [0.3, 0.4) is 0 Å². The molecule has 3 heteroatoms. The zero-order chi connectivity index (χ0) is 10.6. The monoisotopic (exact) mass is 190 g/mol. The average molecular weight is 190 g/mol.